The highest BCUT2D eigenvalue weighted by Crippen LogP contribution is 2.31. The van der Waals surface area contributed by atoms with Gasteiger partial charge in [0.1, 0.15) is 12.6 Å². The van der Waals surface area contributed by atoms with E-state index in [1.165, 1.54) is 17.0 Å². The predicted octanol–water partition coefficient (Wildman–Crippen LogP) is 6.36. The number of benzene rings is 3. The Morgan fingerprint density at radius 2 is 1.51 bits per heavy atom. The molecule has 218 valence electrons. The lowest BCUT2D eigenvalue weighted by molar-refractivity contribution is -0.139. The van der Waals surface area contributed by atoms with Crippen LogP contribution in [-0.2, 0) is 26.2 Å². The molecule has 0 bridgehead atoms. The molecule has 1 atom stereocenters. The van der Waals surface area contributed by atoms with Crippen molar-refractivity contribution in [2.24, 2.45) is 0 Å². The third-order valence-electron chi connectivity index (χ3n) is 7.43. The number of anilines is 1. The highest BCUT2D eigenvalue weighted by Gasteiger charge is 2.34. The zero-order valence-corrected chi connectivity index (χ0v) is 25.6. The van der Waals surface area contributed by atoms with Gasteiger partial charge in [-0.25, -0.2) is 8.42 Å². The van der Waals surface area contributed by atoms with E-state index in [9.17, 15) is 18.0 Å². The number of sulfonamides is 1. The number of nitrogens with zero attached hydrogens (tertiary/aromatic N) is 2. The van der Waals surface area contributed by atoms with Crippen LogP contribution in [0.1, 0.15) is 50.2 Å². The van der Waals surface area contributed by atoms with Crippen LogP contribution in [-0.4, -0.2) is 43.8 Å². The number of rotatable bonds is 10. The summed E-state index contributed by atoms with van der Waals surface area (Å²) in [5.41, 5.74) is 1.71. The molecular weight excluding hydrogens is 581 g/mol. The molecule has 41 heavy (non-hydrogen) atoms. The van der Waals surface area contributed by atoms with E-state index >= 15 is 0 Å². The lowest BCUT2D eigenvalue weighted by Crippen LogP contribution is -2.53. The largest absolute Gasteiger partial charge is 0.352 e. The molecule has 1 saturated carbocycles. The molecule has 0 heterocycles. The standard InChI is InChI=1S/C31H35Cl2N3O4S/c1-22-16-18-26(19-17-22)41(39,40)36(29-15-9-8-14-28(29)33)21-30(37)35(20-24-10-6-7-13-27(24)32)23(2)31(38)34-25-11-4-3-5-12-25/h6-10,13-19,23,25H,3-5,11-12,20-21H2,1-2H3,(H,34,38)/t23-/m0/s1. The van der Waals surface area contributed by atoms with Crippen molar-refractivity contribution in [3.05, 3.63) is 94.0 Å². The second-order valence-electron chi connectivity index (χ2n) is 10.4. The number of para-hydroxylation sites is 1. The van der Waals surface area contributed by atoms with Crippen LogP contribution in [0.15, 0.2) is 77.7 Å². The minimum Gasteiger partial charge on any atom is -0.352 e. The summed E-state index contributed by atoms with van der Waals surface area (Å²) in [5.74, 6) is -0.852. The lowest BCUT2D eigenvalue weighted by Gasteiger charge is -2.33. The molecular formula is C31H35Cl2N3O4S. The molecule has 3 aromatic carbocycles. The van der Waals surface area contributed by atoms with Crippen LogP contribution in [0.4, 0.5) is 5.69 Å². The first-order valence-corrected chi connectivity index (χ1v) is 15.9. The first-order valence-electron chi connectivity index (χ1n) is 13.7. The maximum atomic E-state index is 14.1. The van der Waals surface area contributed by atoms with Gasteiger partial charge in [0.15, 0.2) is 0 Å². The fraction of sp³-hybridized carbons (Fsp3) is 0.355. The average Bonchev–Trinajstić information content (AvgIpc) is 2.96. The Kier molecular flexibility index (Phi) is 10.3. The fourth-order valence-electron chi connectivity index (χ4n) is 4.97. The molecule has 1 N–H and O–H groups in total. The molecule has 0 aliphatic heterocycles. The van der Waals surface area contributed by atoms with Crippen LogP contribution in [0.2, 0.25) is 10.0 Å². The van der Waals surface area contributed by atoms with Crippen molar-refractivity contribution in [3.63, 3.8) is 0 Å². The number of amides is 2. The van der Waals surface area contributed by atoms with Crippen LogP contribution >= 0.6 is 23.2 Å². The Morgan fingerprint density at radius 1 is 0.902 bits per heavy atom. The van der Waals surface area contributed by atoms with E-state index in [1.54, 1.807) is 67.6 Å². The number of carbonyl (C=O) groups is 2. The van der Waals surface area contributed by atoms with E-state index in [0.717, 1.165) is 42.0 Å². The summed E-state index contributed by atoms with van der Waals surface area (Å²) in [6.07, 6.45) is 5.03. The topological polar surface area (TPSA) is 86.8 Å². The summed E-state index contributed by atoms with van der Waals surface area (Å²) < 4.78 is 28.9. The van der Waals surface area contributed by atoms with Gasteiger partial charge in [-0.15, -0.1) is 0 Å². The predicted molar refractivity (Wildman–Crippen MR) is 164 cm³/mol. The Morgan fingerprint density at radius 3 is 2.15 bits per heavy atom. The van der Waals surface area contributed by atoms with Gasteiger partial charge in [-0.1, -0.05) is 90.5 Å². The van der Waals surface area contributed by atoms with Gasteiger partial charge in [-0.05, 0) is 62.6 Å². The molecule has 4 rings (SSSR count). The van der Waals surface area contributed by atoms with Crippen molar-refractivity contribution < 1.29 is 18.0 Å². The van der Waals surface area contributed by atoms with Crippen molar-refractivity contribution in [1.82, 2.24) is 10.2 Å². The van der Waals surface area contributed by atoms with Crippen molar-refractivity contribution in [2.45, 2.75) is 69.5 Å². The summed E-state index contributed by atoms with van der Waals surface area (Å²) in [6, 6.07) is 19.1. The number of aryl methyl sites for hydroxylation is 1. The fourth-order valence-corrected chi connectivity index (χ4v) is 6.88. The summed E-state index contributed by atoms with van der Waals surface area (Å²) in [6.45, 7) is 2.98. The van der Waals surface area contributed by atoms with Crippen molar-refractivity contribution in [1.29, 1.82) is 0 Å². The van der Waals surface area contributed by atoms with Crippen molar-refractivity contribution in [3.8, 4) is 0 Å². The Hall–Kier alpha value is -3.07. The highest BCUT2D eigenvalue weighted by molar-refractivity contribution is 7.92. The molecule has 3 aromatic rings. The van der Waals surface area contributed by atoms with Gasteiger partial charge in [-0.3, -0.25) is 13.9 Å². The van der Waals surface area contributed by atoms with Crippen LogP contribution in [0.25, 0.3) is 0 Å². The number of halogens is 2. The molecule has 1 fully saturated rings. The summed E-state index contributed by atoms with van der Waals surface area (Å²) in [4.78, 5) is 28.9. The number of nitrogens with one attached hydrogen (secondary N) is 1. The van der Waals surface area contributed by atoms with Gasteiger partial charge in [-0.2, -0.15) is 0 Å². The van der Waals surface area contributed by atoms with E-state index in [-0.39, 0.29) is 34.1 Å². The average molecular weight is 617 g/mol. The lowest BCUT2D eigenvalue weighted by atomic mass is 9.95. The van der Waals surface area contributed by atoms with Crippen LogP contribution in [0.3, 0.4) is 0 Å². The second-order valence-corrected chi connectivity index (χ2v) is 13.1. The molecule has 1 aliphatic rings. The monoisotopic (exact) mass is 615 g/mol. The molecule has 7 nitrogen and oxygen atoms in total. The quantitative estimate of drug-likeness (QED) is 0.287. The molecule has 0 spiro atoms. The Balaban J connectivity index is 1.69. The zero-order chi connectivity index (χ0) is 29.6. The Labute approximate surface area is 252 Å². The second kappa shape index (κ2) is 13.7. The van der Waals surface area contributed by atoms with Crippen molar-refractivity contribution >= 4 is 50.7 Å². The minimum atomic E-state index is -4.20. The van der Waals surface area contributed by atoms with E-state index in [1.807, 2.05) is 6.92 Å². The third kappa shape index (κ3) is 7.61. The first kappa shape index (κ1) is 30.9. The zero-order valence-electron chi connectivity index (χ0n) is 23.2. The van der Waals surface area contributed by atoms with Gasteiger partial charge in [0, 0.05) is 17.6 Å². The van der Waals surface area contributed by atoms with Gasteiger partial charge in [0.2, 0.25) is 11.8 Å². The molecule has 0 aromatic heterocycles. The maximum Gasteiger partial charge on any atom is 0.264 e. The molecule has 0 unspecified atom stereocenters. The molecule has 0 radical (unpaired) electrons. The molecule has 2 amide bonds. The molecule has 10 heteroatoms. The number of hydrogen-bond donors (Lipinski definition) is 1. The van der Waals surface area contributed by atoms with Gasteiger partial charge in [0.25, 0.3) is 10.0 Å². The first-order chi connectivity index (χ1) is 19.6. The van der Waals surface area contributed by atoms with E-state index in [2.05, 4.69) is 5.32 Å². The smallest absolute Gasteiger partial charge is 0.264 e. The summed E-state index contributed by atoms with van der Waals surface area (Å²) in [5, 5.41) is 3.71. The van der Waals surface area contributed by atoms with E-state index in [4.69, 9.17) is 23.2 Å². The number of hydrogen-bond acceptors (Lipinski definition) is 4. The van der Waals surface area contributed by atoms with Gasteiger partial charge in [0.05, 0.1) is 15.6 Å². The minimum absolute atomic E-state index is 0.0246. The van der Waals surface area contributed by atoms with E-state index < -0.39 is 28.5 Å². The van der Waals surface area contributed by atoms with Gasteiger partial charge < -0.3 is 10.2 Å². The van der Waals surface area contributed by atoms with E-state index in [0.29, 0.717) is 10.6 Å². The Bertz CT molecular complexity index is 1470. The summed E-state index contributed by atoms with van der Waals surface area (Å²) >= 11 is 12.9. The normalized spacial score (nSPS) is 14.7. The van der Waals surface area contributed by atoms with Crippen LogP contribution < -0.4 is 9.62 Å². The third-order valence-corrected chi connectivity index (χ3v) is 9.89. The number of carbonyl (C=O) groups excluding carboxylic acids is 2. The highest BCUT2D eigenvalue weighted by atomic mass is 35.5. The maximum absolute atomic E-state index is 14.1. The molecule has 0 saturated heterocycles. The summed E-state index contributed by atoms with van der Waals surface area (Å²) in [7, 11) is -4.20. The van der Waals surface area contributed by atoms with Crippen molar-refractivity contribution in [2.75, 3.05) is 10.8 Å². The van der Waals surface area contributed by atoms with Crippen LogP contribution in [0, 0.1) is 6.92 Å². The SMILES string of the molecule is Cc1ccc(S(=O)(=O)N(CC(=O)N(Cc2ccccc2Cl)[C@@H](C)C(=O)NC2CCCCC2)c2ccccc2Cl)cc1. The molecule has 1 aliphatic carbocycles. The van der Waals surface area contributed by atoms with Crippen LogP contribution in [0.5, 0.6) is 0 Å². The van der Waals surface area contributed by atoms with Gasteiger partial charge >= 0.3 is 0 Å².